The van der Waals surface area contributed by atoms with Gasteiger partial charge in [0.05, 0.1) is 12.8 Å². The first kappa shape index (κ1) is 15.4. The van der Waals surface area contributed by atoms with Crippen LogP contribution in [0.3, 0.4) is 0 Å². The number of oxazole rings is 1. The van der Waals surface area contributed by atoms with Crippen molar-refractivity contribution in [1.29, 1.82) is 0 Å². The average Bonchev–Trinajstić information content (AvgIpc) is 3.23. The zero-order valence-corrected chi connectivity index (χ0v) is 13.1. The summed E-state index contributed by atoms with van der Waals surface area (Å²) in [6, 6.07) is 5.29. The lowest BCUT2D eigenvalue weighted by Crippen LogP contribution is -2.23. The summed E-state index contributed by atoms with van der Waals surface area (Å²) in [6.45, 7) is 1.47. The van der Waals surface area contributed by atoms with Gasteiger partial charge >= 0.3 is 5.97 Å². The number of aromatic nitrogens is 1. The standard InChI is InChI=1S/C17H19NO5/c1-10(17(19)20)23-14-6-5-12(8-15(14)21-2)16-13(18-9-22-16)7-11-3-4-11/h5-6,8-11H,3-4,7H2,1-2H3,(H,19,20). The second-order valence-electron chi connectivity index (χ2n) is 5.74. The van der Waals surface area contributed by atoms with E-state index in [0.29, 0.717) is 17.4 Å². The Hall–Kier alpha value is -2.50. The highest BCUT2D eigenvalue weighted by atomic mass is 16.5. The highest BCUT2D eigenvalue weighted by Crippen LogP contribution is 2.38. The van der Waals surface area contributed by atoms with E-state index in [-0.39, 0.29) is 0 Å². The summed E-state index contributed by atoms with van der Waals surface area (Å²) in [6.07, 6.45) is 3.91. The second-order valence-corrected chi connectivity index (χ2v) is 5.74. The Labute approximate surface area is 134 Å². The smallest absolute Gasteiger partial charge is 0.344 e. The number of carboxylic acids is 1. The monoisotopic (exact) mass is 317 g/mol. The van der Waals surface area contributed by atoms with Gasteiger partial charge in [0.15, 0.2) is 29.8 Å². The third kappa shape index (κ3) is 3.47. The summed E-state index contributed by atoms with van der Waals surface area (Å²) < 4.78 is 16.3. The summed E-state index contributed by atoms with van der Waals surface area (Å²) in [5.41, 5.74) is 1.78. The molecule has 0 amide bonds. The van der Waals surface area contributed by atoms with Crippen molar-refractivity contribution < 1.29 is 23.8 Å². The number of hydrogen-bond donors (Lipinski definition) is 1. The third-order valence-electron chi connectivity index (χ3n) is 3.90. The van der Waals surface area contributed by atoms with Crippen LogP contribution < -0.4 is 9.47 Å². The number of nitrogens with zero attached hydrogens (tertiary/aromatic N) is 1. The molecular formula is C17H19NO5. The fraction of sp³-hybridized carbons (Fsp3) is 0.412. The Kier molecular flexibility index (Phi) is 4.23. The molecule has 0 saturated heterocycles. The molecule has 0 radical (unpaired) electrons. The van der Waals surface area contributed by atoms with Crippen molar-refractivity contribution in [2.75, 3.05) is 7.11 Å². The quantitative estimate of drug-likeness (QED) is 0.844. The van der Waals surface area contributed by atoms with Crippen molar-refractivity contribution in [1.82, 2.24) is 4.98 Å². The maximum atomic E-state index is 10.9. The lowest BCUT2D eigenvalue weighted by atomic mass is 10.1. The summed E-state index contributed by atoms with van der Waals surface area (Å²) in [7, 11) is 1.52. The maximum Gasteiger partial charge on any atom is 0.344 e. The molecule has 2 aromatic rings. The molecule has 0 bridgehead atoms. The predicted octanol–water partition coefficient (Wildman–Crippen LogP) is 3.15. The Balaban J connectivity index is 1.86. The van der Waals surface area contributed by atoms with Gasteiger partial charge in [-0.15, -0.1) is 0 Å². The van der Waals surface area contributed by atoms with Crippen molar-refractivity contribution >= 4 is 5.97 Å². The molecule has 1 heterocycles. The minimum Gasteiger partial charge on any atom is -0.493 e. The lowest BCUT2D eigenvalue weighted by Gasteiger charge is -2.14. The van der Waals surface area contributed by atoms with E-state index >= 15 is 0 Å². The Morgan fingerprint density at radius 1 is 1.43 bits per heavy atom. The van der Waals surface area contributed by atoms with E-state index in [4.69, 9.17) is 19.0 Å². The number of carboxylic acid groups (broad SMARTS) is 1. The van der Waals surface area contributed by atoms with E-state index in [0.717, 1.165) is 23.4 Å². The van der Waals surface area contributed by atoms with Crippen LogP contribution in [0.4, 0.5) is 0 Å². The molecule has 3 rings (SSSR count). The molecule has 0 spiro atoms. The summed E-state index contributed by atoms with van der Waals surface area (Å²) in [5.74, 6) is 1.25. The van der Waals surface area contributed by atoms with Gasteiger partial charge in [0.25, 0.3) is 0 Å². The van der Waals surface area contributed by atoms with Crippen LogP contribution in [0.5, 0.6) is 11.5 Å². The van der Waals surface area contributed by atoms with E-state index in [1.807, 2.05) is 6.07 Å². The van der Waals surface area contributed by atoms with Gasteiger partial charge in [0, 0.05) is 5.56 Å². The van der Waals surface area contributed by atoms with E-state index < -0.39 is 12.1 Å². The molecule has 1 atom stereocenters. The van der Waals surface area contributed by atoms with E-state index in [1.54, 1.807) is 12.1 Å². The summed E-state index contributed by atoms with van der Waals surface area (Å²) >= 11 is 0. The first-order valence-electron chi connectivity index (χ1n) is 7.58. The molecule has 0 aliphatic heterocycles. The van der Waals surface area contributed by atoms with Gasteiger partial charge in [-0.25, -0.2) is 9.78 Å². The first-order valence-corrected chi connectivity index (χ1v) is 7.58. The number of rotatable bonds is 7. The Morgan fingerprint density at radius 3 is 2.87 bits per heavy atom. The molecular weight excluding hydrogens is 298 g/mol. The van der Waals surface area contributed by atoms with E-state index in [2.05, 4.69) is 4.98 Å². The number of carbonyl (C=O) groups is 1. The number of ether oxygens (including phenoxy) is 2. The molecule has 6 nitrogen and oxygen atoms in total. The molecule has 1 fully saturated rings. The second kappa shape index (κ2) is 6.32. The minimum atomic E-state index is -1.03. The molecule has 23 heavy (non-hydrogen) atoms. The number of benzene rings is 1. The van der Waals surface area contributed by atoms with Crippen LogP contribution in [-0.4, -0.2) is 29.3 Å². The first-order chi connectivity index (χ1) is 11.1. The molecule has 1 aliphatic rings. The van der Waals surface area contributed by atoms with Crippen molar-refractivity contribution in [2.24, 2.45) is 5.92 Å². The SMILES string of the molecule is COc1cc(-c2ocnc2CC2CC2)ccc1OC(C)C(=O)O. The van der Waals surface area contributed by atoms with Gasteiger partial charge < -0.3 is 19.0 Å². The molecule has 1 aromatic heterocycles. The third-order valence-corrected chi connectivity index (χ3v) is 3.90. The predicted molar refractivity (Wildman–Crippen MR) is 82.6 cm³/mol. The van der Waals surface area contributed by atoms with Crippen molar-refractivity contribution in [3.8, 4) is 22.8 Å². The largest absolute Gasteiger partial charge is 0.493 e. The summed E-state index contributed by atoms with van der Waals surface area (Å²) in [5, 5.41) is 8.95. The van der Waals surface area contributed by atoms with Gasteiger partial charge in [-0.3, -0.25) is 0 Å². The highest BCUT2D eigenvalue weighted by molar-refractivity contribution is 5.72. The fourth-order valence-electron chi connectivity index (χ4n) is 2.39. The van der Waals surface area contributed by atoms with E-state index in [9.17, 15) is 4.79 Å². The van der Waals surface area contributed by atoms with Crippen LogP contribution in [0.15, 0.2) is 29.0 Å². The zero-order chi connectivity index (χ0) is 16.4. The van der Waals surface area contributed by atoms with Crippen LogP contribution in [0, 0.1) is 5.92 Å². The van der Waals surface area contributed by atoms with Crippen LogP contribution >= 0.6 is 0 Å². The molecule has 1 aliphatic carbocycles. The van der Waals surface area contributed by atoms with Gasteiger partial charge in [-0.05, 0) is 50.3 Å². The Bertz CT molecular complexity index is 705. The van der Waals surface area contributed by atoms with Crippen LogP contribution in [0.2, 0.25) is 0 Å². The molecule has 1 unspecified atom stereocenters. The number of methoxy groups -OCH3 is 1. The van der Waals surface area contributed by atoms with E-state index in [1.165, 1.54) is 33.3 Å². The highest BCUT2D eigenvalue weighted by Gasteiger charge is 2.25. The average molecular weight is 317 g/mol. The molecule has 1 aromatic carbocycles. The van der Waals surface area contributed by atoms with Crippen molar-refractivity contribution in [3.05, 3.63) is 30.3 Å². The molecule has 6 heteroatoms. The topological polar surface area (TPSA) is 81.8 Å². The molecule has 1 N–H and O–H groups in total. The van der Waals surface area contributed by atoms with Gasteiger partial charge in [0.1, 0.15) is 0 Å². The Morgan fingerprint density at radius 2 is 2.22 bits per heavy atom. The van der Waals surface area contributed by atoms with Gasteiger partial charge in [-0.1, -0.05) is 0 Å². The fourth-order valence-corrected chi connectivity index (χ4v) is 2.39. The van der Waals surface area contributed by atoms with Crippen LogP contribution in [0.25, 0.3) is 11.3 Å². The van der Waals surface area contributed by atoms with Gasteiger partial charge in [-0.2, -0.15) is 0 Å². The lowest BCUT2D eigenvalue weighted by molar-refractivity contribution is -0.144. The van der Waals surface area contributed by atoms with Crippen molar-refractivity contribution in [3.63, 3.8) is 0 Å². The maximum absolute atomic E-state index is 10.9. The van der Waals surface area contributed by atoms with Crippen LogP contribution in [-0.2, 0) is 11.2 Å². The molecule has 122 valence electrons. The normalized spacial score (nSPS) is 15.2. The summed E-state index contributed by atoms with van der Waals surface area (Å²) in [4.78, 5) is 15.2. The number of hydrogen-bond acceptors (Lipinski definition) is 5. The molecule has 1 saturated carbocycles. The minimum absolute atomic E-state index is 0.384. The van der Waals surface area contributed by atoms with Crippen LogP contribution in [0.1, 0.15) is 25.5 Å². The van der Waals surface area contributed by atoms with Crippen molar-refractivity contribution in [2.45, 2.75) is 32.3 Å². The van der Waals surface area contributed by atoms with Gasteiger partial charge in [0.2, 0.25) is 0 Å². The number of aliphatic carboxylic acids is 1. The zero-order valence-electron chi connectivity index (χ0n) is 13.1.